The van der Waals surface area contributed by atoms with Crippen LogP contribution in [0.4, 0.5) is 19.8 Å². The van der Waals surface area contributed by atoms with E-state index in [1.165, 1.54) is 29.0 Å². The average Bonchev–Trinajstić information content (AvgIpc) is 3.34. The van der Waals surface area contributed by atoms with Crippen molar-refractivity contribution in [3.8, 4) is 0 Å². The predicted molar refractivity (Wildman–Crippen MR) is 157 cm³/mol. The minimum Gasteiger partial charge on any atom is -0.465 e. The van der Waals surface area contributed by atoms with Crippen LogP contribution in [0.1, 0.15) is 29.3 Å². The third-order valence-electron chi connectivity index (χ3n) is 7.33. The molecule has 0 bridgehead atoms. The average molecular weight is 629 g/mol. The molecule has 2 aromatic heterocycles. The molecule has 2 aliphatic heterocycles. The fraction of sp³-hybridized carbons (Fsp3) is 0.393. The number of pyridine rings is 1. The second-order valence-corrected chi connectivity index (χ2v) is 11.3. The van der Waals surface area contributed by atoms with Gasteiger partial charge in [-0.05, 0) is 37.1 Å². The number of carbonyl (C=O) groups excluding carboxylic acids is 3. The largest absolute Gasteiger partial charge is 0.465 e. The third-order valence-corrected chi connectivity index (χ3v) is 7.58. The molecule has 0 aliphatic carbocycles. The monoisotopic (exact) mass is 628 g/mol. The number of carbonyl (C=O) groups is 4. The lowest BCUT2D eigenvalue weighted by atomic mass is 9.99. The molecule has 3 aromatic rings. The Morgan fingerprint density at radius 1 is 1.11 bits per heavy atom. The summed E-state index contributed by atoms with van der Waals surface area (Å²) >= 11 is 5.93. The van der Waals surface area contributed by atoms with Crippen LogP contribution in [0, 0.1) is 0 Å². The van der Waals surface area contributed by atoms with E-state index in [1.54, 1.807) is 29.2 Å². The van der Waals surface area contributed by atoms with Crippen LogP contribution in [0.3, 0.4) is 0 Å². The Balaban J connectivity index is 1.42. The van der Waals surface area contributed by atoms with Crippen LogP contribution in [0.25, 0.3) is 11.2 Å². The third kappa shape index (κ3) is 6.72. The molecule has 0 atom stereocenters. The van der Waals surface area contributed by atoms with Gasteiger partial charge in [-0.15, -0.1) is 0 Å². The van der Waals surface area contributed by atoms with Gasteiger partial charge in [-0.2, -0.15) is 0 Å². The number of nitrogens with zero attached hydrogens (tertiary/aromatic N) is 6. The van der Waals surface area contributed by atoms with E-state index in [0.29, 0.717) is 24.5 Å². The molecule has 4 heterocycles. The molecule has 2 saturated heterocycles. The molecule has 0 radical (unpaired) electrons. The Morgan fingerprint density at radius 2 is 1.84 bits per heavy atom. The molecule has 3 N–H and O–H groups in total. The Bertz CT molecular complexity index is 1670. The van der Waals surface area contributed by atoms with Gasteiger partial charge in [0.25, 0.3) is 11.5 Å². The van der Waals surface area contributed by atoms with Crippen molar-refractivity contribution >= 4 is 52.5 Å². The highest BCUT2D eigenvalue weighted by Gasteiger charge is 2.41. The van der Waals surface area contributed by atoms with Crippen molar-refractivity contribution in [2.45, 2.75) is 32.1 Å². The standard InChI is InChI=1S/C28H30ClFN8O6/c1-28(30)15-36(16-28)22(39)14-38-23-20(11-19(25(38)41)24(40)33-12-17-3-5-18(29)6-4-17)34-21(13-32-23)37-10-9-35(27(37)44)8-2-7-31-26(42)43/h3-6,11,13,31H,2,7-10,12,14-16H2,1H3,(H,33,40)(H,42,43). The number of rotatable bonds is 10. The molecule has 0 saturated carbocycles. The van der Waals surface area contributed by atoms with E-state index in [2.05, 4.69) is 20.6 Å². The summed E-state index contributed by atoms with van der Waals surface area (Å²) in [5.74, 6) is -1.05. The Kier molecular flexibility index (Phi) is 8.67. The van der Waals surface area contributed by atoms with Crippen LogP contribution in [0.2, 0.25) is 5.02 Å². The molecule has 44 heavy (non-hydrogen) atoms. The Morgan fingerprint density at radius 3 is 2.52 bits per heavy atom. The lowest BCUT2D eigenvalue weighted by Crippen LogP contribution is -2.60. The minimum atomic E-state index is -1.51. The summed E-state index contributed by atoms with van der Waals surface area (Å²) < 4.78 is 15.1. The zero-order chi connectivity index (χ0) is 31.6. The number of nitrogens with one attached hydrogen (secondary N) is 2. The lowest BCUT2D eigenvalue weighted by Gasteiger charge is -2.42. The first-order valence-corrected chi connectivity index (χ1v) is 14.2. The quantitative estimate of drug-likeness (QED) is 0.286. The number of carboxylic acid groups (broad SMARTS) is 1. The first-order valence-electron chi connectivity index (χ1n) is 13.8. The summed E-state index contributed by atoms with van der Waals surface area (Å²) in [5, 5.41) is 14.2. The highest BCUT2D eigenvalue weighted by atomic mass is 35.5. The van der Waals surface area contributed by atoms with Crippen molar-refractivity contribution in [2.24, 2.45) is 0 Å². The van der Waals surface area contributed by atoms with E-state index >= 15 is 0 Å². The maximum Gasteiger partial charge on any atom is 0.404 e. The molecule has 14 nitrogen and oxygen atoms in total. The topological polar surface area (TPSA) is 170 Å². The number of fused-ring (bicyclic) bond motifs is 1. The maximum absolute atomic E-state index is 14.1. The molecule has 232 valence electrons. The number of aromatic nitrogens is 3. The molecule has 2 fully saturated rings. The highest BCUT2D eigenvalue weighted by molar-refractivity contribution is 6.30. The van der Waals surface area contributed by atoms with Crippen molar-refractivity contribution in [3.05, 3.63) is 63.0 Å². The number of benzene rings is 1. The number of alkyl halides is 1. The number of likely N-dealkylation sites (tertiary alicyclic amines) is 1. The Labute approximate surface area is 255 Å². The number of urea groups is 1. The molecule has 5 rings (SSSR count). The summed E-state index contributed by atoms with van der Waals surface area (Å²) in [5.41, 5.74) is -1.71. The van der Waals surface area contributed by atoms with Gasteiger partial charge in [0, 0.05) is 37.7 Å². The van der Waals surface area contributed by atoms with Crippen molar-refractivity contribution in [3.63, 3.8) is 0 Å². The van der Waals surface area contributed by atoms with Gasteiger partial charge in [0.1, 0.15) is 23.3 Å². The zero-order valence-corrected chi connectivity index (χ0v) is 24.5. The van der Waals surface area contributed by atoms with Gasteiger partial charge >= 0.3 is 12.1 Å². The van der Waals surface area contributed by atoms with Crippen molar-refractivity contribution < 1.29 is 28.7 Å². The summed E-state index contributed by atoms with van der Waals surface area (Å²) in [7, 11) is 0. The van der Waals surface area contributed by atoms with Gasteiger partial charge in [0.15, 0.2) is 11.5 Å². The molecular formula is C28H30ClFN8O6. The highest BCUT2D eigenvalue weighted by Crippen LogP contribution is 2.25. The van der Waals surface area contributed by atoms with Gasteiger partial charge in [0.05, 0.1) is 19.3 Å². The van der Waals surface area contributed by atoms with Gasteiger partial charge in [-0.25, -0.2) is 23.9 Å². The maximum atomic E-state index is 14.1. The van der Waals surface area contributed by atoms with Crippen LogP contribution < -0.4 is 21.1 Å². The summed E-state index contributed by atoms with van der Waals surface area (Å²) in [6.07, 6.45) is 0.580. The van der Waals surface area contributed by atoms with Gasteiger partial charge < -0.3 is 25.5 Å². The molecule has 2 aliphatic rings. The number of halogens is 2. The van der Waals surface area contributed by atoms with Gasteiger partial charge in [-0.1, -0.05) is 23.7 Å². The first-order chi connectivity index (χ1) is 20.9. The number of anilines is 1. The number of hydrogen-bond donors (Lipinski definition) is 3. The van der Waals surface area contributed by atoms with Crippen LogP contribution in [-0.2, 0) is 17.9 Å². The lowest BCUT2D eigenvalue weighted by molar-refractivity contribution is -0.144. The molecule has 0 unspecified atom stereocenters. The number of amides is 5. The number of hydrogen-bond acceptors (Lipinski definition) is 7. The summed E-state index contributed by atoms with van der Waals surface area (Å²) in [4.78, 5) is 76.5. The predicted octanol–water partition coefficient (Wildman–Crippen LogP) is 1.85. The van der Waals surface area contributed by atoms with E-state index in [-0.39, 0.29) is 61.3 Å². The van der Waals surface area contributed by atoms with Gasteiger partial charge in [0.2, 0.25) is 5.91 Å². The van der Waals surface area contributed by atoms with Crippen molar-refractivity contribution in [1.82, 2.24) is 35.0 Å². The summed E-state index contributed by atoms with van der Waals surface area (Å²) in [6.45, 7) is 1.94. The SMILES string of the molecule is CC1(F)CN(C(=O)Cn2c(=O)c(C(=O)NCc3ccc(Cl)cc3)cc3nc(N4CCN(CCCNC(=O)O)C4=O)cnc32)C1. The van der Waals surface area contributed by atoms with Crippen LogP contribution in [-0.4, -0.2) is 98.3 Å². The normalized spacial score (nSPS) is 15.8. The van der Waals surface area contributed by atoms with E-state index in [9.17, 15) is 28.4 Å². The molecule has 1 aromatic carbocycles. The minimum absolute atomic E-state index is 0.0214. The van der Waals surface area contributed by atoms with Crippen molar-refractivity contribution in [1.29, 1.82) is 0 Å². The Hall–Kier alpha value is -4.79. The van der Waals surface area contributed by atoms with E-state index < -0.39 is 35.7 Å². The fourth-order valence-electron chi connectivity index (χ4n) is 5.08. The van der Waals surface area contributed by atoms with E-state index in [4.69, 9.17) is 16.7 Å². The van der Waals surface area contributed by atoms with Crippen LogP contribution in [0.15, 0.2) is 41.3 Å². The van der Waals surface area contributed by atoms with Crippen LogP contribution in [0.5, 0.6) is 0 Å². The van der Waals surface area contributed by atoms with E-state index in [0.717, 1.165) is 10.1 Å². The summed E-state index contributed by atoms with van der Waals surface area (Å²) in [6, 6.07) is 7.70. The van der Waals surface area contributed by atoms with E-state index in [1.807, 2.05) is 0 Å². The van der Waals surface area contributed by atoms with Crippen molar-refractivity contribution in [2.75, 3.05) is 44.2 Å². The van der Waals surface area contributed by atoms with Crippen LogP contribution >= 0.6 is 11.6 Å². The first kappa shape index (κ1) is 30.7. The fourth-order valence-corrected chi connectivity index (χ4v) is 5.21. The molecule has 5 amide bonds. The molecule has 0 spiro atoms. The second-order valence-electron chi connectivity index (χ2n) is 10.9. The second kappa shape index (κ2) is 12.4. The smallest absolute Gasteiger partial charge is 0.404 e. The zero-order valence-electron chi connectivity index (χ0n) is 23.8. The molecular weight excluding hydrogens is 599 g/mol. The molecule has 16 heteroatoms. The van der Waals surface area contributed by atoms with Gasteiger partial charge in [-0.3, -0.25) is 23.9 Å².